The Kier molecular flexibility index (Phi) is 7.21. The van der Waals surface area contributed by atoms with Gasteiger partial charge in [-0.15, -0.1) is 5.10 Å². The number of alkyl halides is 6. The number of halogens is 6. The minimum atomic E-state index is -4.96. The van der Waals surface area contributed by atoms with E-state index in [9.17, 15) is 26.3 Å². The molecule has 4 rings (SSSR count). The van der Waals surface area contributed by atoms with Crippen LogP contribution < -0.4 is 9.80 Å². The zero-order valence-electron chi connectivity index (χ0n) is 21.0. The molecule has 0 fully saturated rings. The molecule has 0 amide bonds. The lowest BCUT2D eigenvalue weighted by Gasteiger charge is -2.26. The number of hydrogen-bond acceptors (Lipinski definition) is 7. The van der Waals surface area contributed by atoms with Crippen molar-refractivity contribution in [1.29, 1.82) is 0 Å². The van der Waals surface area contributed by atoms with Crippen LogP contribution in [0.2, 0.25) is 0 Å². The van der Waals surface area contributed by atoms with Gasteiger partial charge in [0.15, 0.2) is 5.65 Å². The lowest BCUT2D eigenvalue weighted by molar-refractivity contribution is -0.143. The average Bonchev–Trinajstić information content (AvgIpc) is 3.46. The van der Waals surface area contributed by atoms with Gasteiger partial charge in [-0.1, -0.05) is 5.10 Å². The van der Waals surface area contributed by atoms with E-state index in [4.69, 9.17) is 4.98 Å². The maximum Gasteiger partial charge on any atom is 0.416 e. The van der Waals surface area contributed by atoms with Crippen molar-refractivity contribution in [3.05, 3.63) is 52.7 Å². The Hall–Kier alpha value is -3.91. The molecule has 0 bridgehead atoms. The van der Waals surface area contributed by atoms with Crippen molar-refractivity contribution in [3.8, 4) is 0 Å². The molecule has 38 heavy (non-hydrogen) atoms. The third-order valence-electron chi connectivity index (χ3n) is 5.97. The van der Waals surface area contributed by atoms with E-state index in [1.807, 2.05) is 31.9 Å². The Morgan fingerprint density at radius 2 is 1.58 bits per heavy atom. The molecule has 0 spiro atoms. The third-order valence-corrected chi connectivity index (χ3v) is 5.97. The molecule has 3 aromatic heterocycles. The van der Waals surface area contributed by atoms with Crippen molar-refractivity contribution in [2.75, 3.05) is 23.4 Å². The summed E-state index contributed by atoms with van der Waals surface area (Å²) in [5.41, 5.74) is -1.68. The highest BCUT2D eigenvalue weighted by atomic mass is 19.4. The fourth-order valence-corrected chi connectivity index (χ4v) is 4.00. The molecule has 3 heterocycles. The summed E-state index contributed by atoms with van der Waals surface area (Å²) < 4.78 is 82.5. The minimum Gasteiger partial charge on any atom is -0.360 e. The molecule has 4 aromatic rings. The second kappa shape index (κ2) is 10.1. The van der Waals surface area contributed by atoms with E-state index in [0.717, 1.165) is 10.2 Å². The van der Waals surface area contributed by atoms with Crippen LogP contribution in [0.25, 0.3) is 11.0 Å². The summed E-state index contributed by atoms with van der Waals surface area (Å²) in [5.74, 6) is 0.622. The zero-order valence-corrected chi connectivity index (χ0v) is 21.0. The molecule has 0 atom stereocenters. The van der Waals surface area contributed by atoms with Crippen LogP contribution in [0.4, 0.5) is 38.1 Å². The van der Waals surface area contributed by atoms with E-state index >= 15 is 0 Å². The maximum atomic E-state index is 13.5. The first-order chi connectivity index (χ1) is 17.8. The summed E-state index contributed by atoms with van der Waals surface area (Å²) in [5, 5.41) is 17.0. The SMILES string of the molecule is CCN(C)c1nc2c(cnn2CC)cc1CN(Cc1cc(C(F)(F)F)cc(C(F)(F)F)c1)c1nnn(C)n1. The molecule has 0 unspecified atom stereocenters. The van der Waals surface area contributed by atoms with Gasteiger partial charge < -0.3 is 9.80 Å². The van der Waals surface area contributed by atoms with E-state index in [0.29, 0.717) is 42.3 Å². The topological polar surface area (TPSA) is 80.8 Å². The van der Waals surface area contributed by atoms with Gasteiger partial charge in [0.1, 0.15) is 5.82 Å². The van der Waals surface area contributed by atoms with Gasteiger partial charge in [0.2, 0.25) is 0 Å². The highest BCUT2D eigenvalue weighted by Gasteiger charge is 2.37. The lowest BCUT2D eigenvalue weighted by atomic mass is 10.0. The molecule has 0 radical (unpaired) electrons. The first-order valence-electron chi connectivity index (χ1n) is 11.6. The van der Waals surface area contributed by atoms with Crippen molar-refractivity contribution in [2.24, 2.45) is 7.05 Å². The fourth-order valence-electron chi connectivity index (χ4n) is 4.00. The quantitative estimate of drug-likeness (QED) is 0.300. The van der Waals surface area contributed by atoms with Crippen LogP contribution in [0.15, 0.2) is 30.5 Å². The van der Waals surface area contributed by atoms with Crippen molar-refractivity contribution in [1.82, 2.24) is 35.0 Å². The molecule has 0 N–H and O–H groups in total. The fraction of sp³-hybridized carbons (Fsp3) is 0.435. The van der Waals surface area contributed by atoms with Crippen LogP contribution in [0.5, 0.6) is 0 Å². The van der Waals surface area contributed by atoms with Crippen LogP contribution in [-0.2, 0) is 39.0 Å². The molecule has 0 aliphatic rings. The van der Waals surface area contributed by atoms with Crippen molar-refractivity contribution >= 4 is 22.8 Å². The number of pyridine rings is 1. The summed E-state index contributed by atoms with van der Waals surface area (Å²) >= 11 is 0. The Morgan fingerprint density at radius 3 is 2.11 bits per heavy atom. The van der Waals surface area contributed by atoms with Crippen molar-refractivity contribution in [3.63, 3.8) is 0 Å². The summed E-state index contributed by atoms with van der Waals surface area (Å²) in [4.78, 5) is 9.27. The number of hydrogen-bond donors (Lipinski definition) is 0. The van der Waals surface area contributed by atoms with Crippen LogP contribution in [0.3, 0.4) is 0 Å². The molecule has 0 saturated heterocycles. The first kappa shape index (κ1) is 27.1. The average molecular weight is 542 g/mol. The molecule has 204 valence electrons. The summed E-state index contributed by atoms with van der Waals surface area (Å²) in [6, 6.07) is 3.35. The number of aryl methyl sites for hydroxylation is 2. The molecular formula is C23H25F6N9. The van der Waals surface area contributed by atoms with Gasteiger partial charge in [0.25, 0.3) is 5.95 Å². The van der Waals surface area contributed by atoms with Gasteiger partial charge >= 0.3 is 12.4 Å². The standard InChI is InChI=1S/C23H25F6N9/c1-5-35(3)19-16(9-15-11-30-38(6-2)20(15)31-19)13-37(21-32-34-36(4)33-21)12-14-7-17(22(24,25)26)10-18(8-14)23(27,28)29/h7-11H,5-6,12-13H2,1-4H3. The van der Waals surface area contributed by atoms with E-state index in [1.54, 1.807) is 10.9 Å². The molecule has 0 aliphatic heterocycles. The summed E-state index contributed by atoms with van der Waals surface area (Å²) in [6.07, 6.45) is -8.27. The van der Waals surface area contributed by atoms with Gasteiger partial charge in [-0.05, 0) is 48.9 Å². The number of rotatable bonds is 8. The van der Waals surface area contributed by atoms with Crippen LogP contribution >= 0.6 is 0 Å². The van der Waals surface area contributed by atoms with Crippen molar-refractivity contribution < 1.29 is 26.3 Å². The van der Waals surface area contributed by atoms with Crippen LogP contribution in [-0.4, -0.2) is 48.6 Å². The number of tetrazole rings is 1. The Bertz CT molecular complexity index is 1390. The number of nitrogens with zero attached hydrogens (tertiary/aromatic N) is 9. The maximum absolute atomic E-state index is 13.5. The molecule has 9 nitrogen and oxygen atoms in total. The third kappa shape index (κ3) is 5.65. The Labute approximate surface area is 213 Å². The second-order valence-corrected chi connectivity index (χ2v) is 8.71. The van der Waals surface area contributed by atoms with Crippen LogP contribution in [0, 0.1) is 0 Å². The van der Waals surface area contributed by atoms with E-state index in [1.165, 1.54) is 11.9 Å². The Balaban J connectivity index is 1.81. The second-order valence-electron chi connectivity index (χ2n) is 8.71. The minimum absolute atomic E-state index is 0.0310. The number of anilines is 2. The largest absolute Gasteiger partial charge is 0.416 e. The summed E-state index contributed by atoms with van der Waals surface area (Å²) in [7, 11) is 3.33. The Morgan fingerprint density at radius 1 is 0.921 bits per heavy atom. The number of fused-ring (bicyclic) bond motifs is 1. The van der Waals surface area contributed by atoms with Gasteiger partial charge in [0.05, 0.1) is 24.4 Å². The van der Waals surface area contributed by atoms with E-state index in [2.05, 4.69) is 20.5 Å². The van der Waals surface area contributed by atoms with Gasteiger partial charge in [-0.3, -0.25) is 0 Å². The molecule has 0 aliphatic carbocycles. The van der Waals surface area contributed by atoms with Gasteiger partial charge in [-0.2, -0.15) is 36.2 Å². The molecule has 15 heteroatoms. The van der Waals surface area contributed by atoms with Crippen molar-refractivity contribution in [2.45, 2.75) is 45.8 Å². The number of aromatic nitrogens is 7. The predicted molar refractivity (Wildman–Crippen MR) is 127 cm³/mol. The van der Waals surface area contributed by atoms with E-state index < -0.39 is 23.5 Å². The predicted octanol–water partition coefficient (Wildman–Crippen LogP) is 4.68. The van der Waals surface area contributed by atoms with Crippen LogP contribution in [0.1, 0.15) is 36.1 Å². The highest BCUT2D eigenvalue weighted by molar-refractivity contribution is 5.78. The monoisotopic (exact) mass is 541 g/mol. The number of benzene rings is 1. The summed E-state index contributed by atoms with van der Waals surface area (Å²) in [6.45, 7) is 4.73. The van der Waals surface area contributed by atoms with Gasteiger partial charge in [0, 0.05) is 44.2 Å². The molecule has 1 aromatic carbocycles. The molecular weight excluding hydrogens is 516 g/mol. The highest BCUT2D eigenvalue weighted by Crippen LogP contribution is 2.37. The molecule has 0 saturated carbocycles. The smallest absolute Gasteiger partial charge is 0.360 e. The lowest BCUT2D eigenvalue weighted by Crippen LogP contribution is -2.27. The van der Waals surface area contributed by atoms with E-state index in [-0.39, 0.29) is 30.7 Å². The first-order valence-corrected chi connectivity index (χ1v) is 11.6. The normalized spacial score (nSPS) is 12.4. The zero-order chi connectivity index (χ0) is 27.8. The van der Waals surface area contributed by atoms with Gasteiger partial charge in [-0.25, -0.2) is 9.67 Å².